The van der Waals surface area contributed by atoms with Crippen LogP contribution in [0.25, 0.3) is 0 Å². The minimum absolute atomic E-state index is 0.172. The first-order valence-electron chi connectivity index (χ1n) is 7.63. The molecule has 1 heterocycles. The van der Waals surface area contributed by atoms with Crippen molar-refractivity contribution in [2.45, 2.75) is 39.3 Å². The molecule has 2 rings (SSSR count). The van der Waals surface area contributed by atoms with E-state index in [2.05, 4.69) is 5.32 Å². The molecule has 1 aliphatic rings. The molecular weight excluding hydrogens is 298 g/mol. The third-order valence-electron chi connectivity index (χ3n) is 3.67. The van der Waals surface area contributed by atoms with Crippen molar-refractivity contribution in [3.05, 3.63) is 35.4 Å². The van der Waals surface area contributed by atoms with E-state index in [4.69, 9.17) is 9.47 Å². The van der Waals surface area contributed by atoms with E-state index in [1.165, 1.54) is 0 Å². The average Bonchev–Trinajstić information content (AvgIpc) is 2.90. The molecule has 1 fully saturated rings. The molecule has 1 aliphatic heterocycles. The molecule has 1 saturated heterocycles. The molecule has 0 radical (unpaired) electrons. The van der Waals surface area contributed by atoms with Crippen molar-refractivity contribution in [3.8, 4) is 0 Å². The van der Waals surface area contributed by atoms with E-state index in [1.807, 2.05) is 19.1 Å². The van der Waals surface area contributed by atoms with E-state index in [-0.39, 0.29) is 18.4 Å². The van der Waals surface area contributed by atoms with Gasteiger partial charge in [-0.1, -0.05) is 31.5 Å². The summed E-state index contributed by atoms with van der Waals surface area (Å²) in [6.45, 7) is 5.78. The van der Waals surface area contributed by atoms with Crippen molar-refractivity contribution in [1.82, 2.24) is 5.32 Å². The smallest absolute Gasteiger partial charge is 0.347 e. The Labute approximate surface area is 135 Å². The fourth-order valence-electron chi connectivity index (χ4n) is 2.23. The number of cyclic esters (lactones) is 1. The number of hydrogen-bond donors (Lipinski definition) is 1. The van der Waals surface area contributed by atoms with E-state index in [9.17, 15) is 14.4 Å². The normalized spacial score (nSPS) is 18.4. The second-order valence-corrected chi connectivity index (χ2v) is 5.94. The van der Waals surface area contributed by atoms with Crippen LogP contribution in [-0.4, -0.2) is 36.6 Å². The van der Waals surface area contributed by atoms with Crippen LogP contribution in [0.2, 0.25) is 0 Å². The molecule has 0 saturated carbocycles. The minimum Gasteiger partial charge on any atom is -0.463 e. The van der Waals surface area contributed by atoms with Gasteiger partial charge in [0.25, 0.3) is 5.91 Å². The molecule has 23 heavy (non-hydrogen) atoms. The molecule has 0 aliphatic carbocycles. The van der Waals surface area contributed by atoms with Gasteiger partial charge in [-0.05, 0) is 25.0 Å². The van der Waals surface area contributed by atoms with E-state index in [0.717, 1.165) is 5.56 Å². The second kappa shape index (κ2) is 7.26. The monoisotopic (exact) mass is 319 g/mol. The van der Waals surface area contributed by atoms with E-state index in [0.29, 0.717) is 12.0 Å². The zero-order valence-electron chi connectivity index (χ0n) is 13.5. The highest BCUT2D eigenvalue weighted by molar-refractivity contribution is 5.97. The molecule has 0 bridgehead atoms. The zero-order valence-corrected chi connectivity index (χ0v) is 13.5. The summed E-state index contributed by atoms with van der Waals surface area (Å²) in [5.41, 5.74) is 1.51. The van der Waals surface area contributed by atoms with Gasteiger partial charge in [0.1, 0.15) is 6.04 Å². The summed E-state index contributed by atoms with van der Waals surface area (Å²) < 4.78 is 9.94. The number of aryl methyl sites for hydroxylation is 1. The maximum Gasteiger partial charge on any atom is 0.347 e. The van der Waals surface area contributed by atoms with Gasteiger partial charge in [-0.3, -0.25) is 4.79 Å². The summed E-state index contributed by atoms with van der Waals surface area (Å²) in [5, 5.41) is 2.68. The van der Waals surface area contributed by atoms with E-state index in [1.54, 1.807) is 26.0 Å². The summed E-state index contributed by atoms with van der Waals surface area (Å²) in [6, 6.07) is 6.22. The number of amides is 1. The Morgan fingerprint density at radius 1 is 1.26 bits per heavy atom. The largest absolute Gasteiger partial charge is 0.463 e. The number of carbonyl (C=O) groups is 3. The first-order valence-corrected chi connectivity index (χ1v) is 7.63. The van der Waals surface area contributed by atoms with Crippen molar-refractivity contribution in [3.63, 3.8) is 0 Å². The summed E-state index contributed by atoms with van der Waals surface area (Å²) >= 11 is 0. The lowest BCUT2D eigenvalue weighted by Crippen LogP contribution is -2.46. The lowest BCUT2D eigenvalue weighted by Gasteiger charge is -2.22. The molecule has 1 amide bonds. The van der Waals surface area contributed by atoms with Gasteiger partial charge >= 0.3 is 11.9 Å². The van der Waals surface area contributed by atoms with Crippen LogP contribution in [0.4, 0.5) is 0 Å². The third kappa shape index (κ3) is 4.31. The quantitative estimate of drug-likeness (QED) is 0.834. The van der Waals surface area contributed by atoms with Crippen LogP contribution in [0.3, 0.4) is 0 Å². The molecule has 1 aromatic rings. The predicted octanol–water partition coefficient (Wildman–Crippen LogP) is 1.61. The molecule has 124 valence electrons. The Morgan fingerprint density at radius 2 is 1.91 bits per heavy atom. The van der Waals surface area contributed by atoms with Gasteiger partial charge in [0, 0.05) is 12.0 Å². The maximum atomic E-state index is 12.3. The van der Waals surface area contributed by atoms with Crippen LogP contribution < -0.4 is 5.32 Å². The molecule has 0 spiro atoms. The number of benzene rings is 1. The number of hydrogen-bond acceptors (Lipinski definition) is 5. The Hall–Kier alpha value is -2.37. The lowest BCUT2D eigenvalue weighted by molar-refractivity contribution is -0.162. The Kier molecular flexibility index (Phi) is 5.36. The summed E-state index contributed by atoms with van der Waals surface area (Å²) in [7, 11) is 0. The first-order chi connectivity index (χ1) is 10.9. The highest BCUT2D eigenvalue weighted by Gasteiger charge is 2.34. The van der Waals surface area contributed by atoms with Crippen LogP contribution in [-0.2, 0) is 19.1 Å². The molecule has 6 heteroatoms. The second-order valence-electron chi connectivity index (χ2n) is 5.94. The fourth-order valence-corrected chi connectivity index (χ4v) is 2.23. The maximum absolute atomic E-state index is 12.3. The highest BCUT2D eigenvalue weighted by Crippen LogP contribution is 2.14. The van der Waals surface area contributed by atoms with Gasteiger partial charge in [0.2, 0.25) is 6.10 Å². The summed E-state index contributed by atoms with van der Waals surface area (Å²) in [6.07, 6.45) is -0.526. The van der Waals surface area contributed by atoms with Crippen LogP contribution in [0.5, 0.6) is 0 Å². The van der Waals surface area contributed by atoms with Crippen molar-refractivity contribution in [1.29, 1.82) is 0 Å². The zero-order chi connectivity index (χ0) is 17.0. The molecule has 0 unspecified atom stereocenters. The van der Waals surface area contributed by atoms with Crippen LogP contribution >= 0.6 is 0 Å². The number of ether oxygens (including phenoxy) is 2. The highest BCUT2D eigenvalue weighted by atomic mass is 16.6. The minimum atomic E-state index is -0.875. The molecule has 6 nitrogen and oxygen atoms in total. The average molecular weight is 319 g/mol. The number of rotatable bonds is 5. The van der Waals surface area contributed by atoms with Gasteiger partial charge in [-0.2, -0.15) is 0 Å². The van der Waals surface area contributed by atoms with Crippen molar-refractivity contribution >= 4 is 17.8 Å². The van der Waals surface area contributed by atoms with Gasteiger partial charge in [-0.15, -0.1) is 0 Å². The van der Waals surface area contributed by atoms with Crippen LogP contribution in [0.1, 0.15) is 36.2 Å². The van der Waals surface area contributed by atoms with Crippen LogP contribution in [0, 0.1) is 12.8 Å². The number of esters is 2. The third-order valence-corrected chi connectivity index (χ3v) is 3.67. The molecule has 0 aromatic heterocycles. The number of nitrogens with one attached hydrogen (secondary N) is 1. The van der Waals surface area contributed by atoms with E-state index >= 15 is 0 Å². The van der Waals surface area contributed by atoms with Gasteiger partial charge in [-0.25, -0.2) is 9.59 Å². The van der Waals surface area contributed by atoms with Crippen molar-refractivity contribution in [2.75, 3.05) is 6.61 Å². The summed E-state index contributed by atoms with van der Waals surface area (Å²) in [4.78, 5) is 35.9. The molecular formula is C17H21NO5. The summed E-state index contributed by atoms with van der Waals surface area (Å²) in [5.74, 6) is -1.68. The predicted molar refractivity (Wildman–Crippen MR) is 82.7 cm³/mol. The molecule has 2 atom stereocenters. The SMILES string of the molecule is Cc1ccc(C(=O)N[C@@H](C(=O)O[C@@H]2CCOC2=O)C(C)C)cc1. The van der Waals surface area contributed by atoms with Gasteiger partial charge in [0.15, 0.2) is 0 Å². The topological polar surface area (TPSA) is 81.7 Å². The first kappa shape index (κ1) is 17.0. The van der Waals surface area contributed by atoms with Gasteiger partial charge in [0.05, 0.1) is 6.61 Å². The number of carbonyl (C=O) groups excluding carboxylic acids is 3. The van der Waals surface area contributed by atoms with Crippen molar-refractivity contribution in [2.24, 2.45) is 5.92 Å². The molecule has 1 N–H and O–H groups in total. The van der Waals surface area contributed by atoms with E-state index < -0.39 is 24.1 Å². The fraction of sp³-hybridized carbons (Fsp3) is 0.471. The lowest BCUT2D eigenvalue weighted by atomic mass is 10.0. The Morgan fingerprint density at radius 3 is 2.43 bits per heavy atom. The molecule has 1 aromatic carbocycles. The van der Waals surface area contributed by atoms with Crippen LogP contribution in [0.15, 0.2) is 24.3 Å². The standard InChI is InChI=1S/C17H21NO5/c1-10(2)14(17(21)23-13-8-9-22-16(13)20)18-15(19)12-6-4-11(3)5-7-12/h4-7,10,13-14H,8-9H2,1-3H3,(H,18,19)/t13-,14-/m1/s1. The van der Waals surface area contributed by atoms with Gasteiger partial charge < -0.3 is 14.8 Å². The van der Waals surface area contributed by atoms with Crippen molar-refractivity contribution < 1.29 is 23.9 Å². The Bertz CT molecular complexity index is 594. The Balaban J connectivity index is 2.02.